The lowest BCUT2D eigenvalue weighted by molar-refractivity contribution is 0.646. The third-order valence-electron chi connectivity index (χ3n) is 3.36. The van der Waals surface area contributed by atoms with Gasteiger partial charge in [0.05, 0.1) is 0 Å². The fraction of sp³-hybridized carbons (Fsp3) is 0.444. The lowest BCUT2D eigenvalue weighted by Crippen LogP contribution is -2.11. The molecule has 2 heteroatoms. The number of thiophene rings is 1. The lowest BCUT2D eigenvalue weighted by Gasteiger charge is -2.07. The van der Waals surface area contributed by atoms with Crippen molar-refractivity contribution in [3.8, 4) is 0 Å². The Morgan fingerprint density at radius 1 is 0.900 bits per heavy atom. The molecule has 0 saturated carbocycles. The molecule has 1 heterocycles. The molecule has 0 unspecified atom stereocenters. The first-order valence-electron chi connectivity index (χ1n) is 7.53. The Morgan fingerprint density at radius 2 is 1.55 bits per heavy atom. The van der Waals surface area contributed by atoms with Crippen LogP contribution in [0, 0.1) is 5.92 Å². The van der Waals surface area contributed by atoms with Crippen LogP contribution in [0.15, 0.2) is 36.4 Å². The van der Waals surface area contributed by atoms with Crippen molar-refractivity contribution in [2.24, 2.45) is 5.92 Å². The first kappa shape index (κ1) is 15.3. The summed E-state index contributed by atoms with van der Waals surface area (Å²) in [6, 6.07) is 13.5. The van der Waals surface area contributed by atoms with Crippen LogP contribution in [-0.2, 0) is 25.9 Å². The Labute approximate surface area is 127 Å². The van der Waals surface area contributed by atoms with Crippen molar-refractivity contribution in [3.05, 3.63) is 57.3 Å². The Kier molecular flexibility index (Phi) is 5.81. The molecule has 108 valence electrons. The van der Waals surface area contributed by atoms with Crippen molar-refractivity contribution in [3.63, 3.8) is 0 Å². The second kappa shape index (κ2) is 7.61. The average Bonchev–Trinajstić information content (AvgIpc) is 2.88. The van der Waals surface area contributed by atoms with Crippen molar-refractivity contribution in [1.29, 1.82) is 0 Å². The monoisotopic (exact) mass is 287 g/mol. The SMILES string of the molecule is CCc1ccc(CNCc2ccc(CC(C)C)cc2)s1. The van der Waals surface area contributed by atoms with Crippen LogP contribution in [0.25, 0.3) is 0 Å². The van der Waals surface area contributed by atoms with Gasteiger partial charge in [-0.3, -0.25) is 0 Å². The highest BCUT2D eigenvalue weighted by molar-refractivity contribution is 7.11. The zero-order chi connectivity index (χ0) is 14.4. The van der Waals surface area contributed by atoms with Gasteiger partial charge in [0, 0.05) is 22.8 Å². The Balaban J connectivity index is 1.79. The number of hydrogen-bond donors (Lipinski definition) is 1. The molecule has 1 aromatic heterocycles. The van der Waals surface area contributed by atoms with E-state index >= 15 is 0 Å². The lowest BCUT2D eigenvalue weighted by atomic mass is 10.0. The number of nitrogens with one attached hydrogen (secondary N) is 1. The summed E-state index contributed by atoms with van der Waals surface area (Å²) in [5.74, 6) is 0.727. The minimum atomic E-state index is 0.727. The Hall–Kier alpha value is -1.12. The summed E-state index contributed by atoms with van der Waals surface area (Å²) < 4.78 is 0. The Morgan fingerprint density at radius 3 is 2.15 bits per heavy atom. The maximum absolute atomic E-state index is 3.53. The smallest absolute Gasteiger partial charge is 0.0303 e. The minimum Gasteiger partial charge on any atom is -0.308 e. The van der Waals surface area contributed by atoms with Gasteiger partial charge in [-0.05, 0) is 42.0 Å². The zero-order valence-corrected chi connectivity index (χ0v) is 13.6. The third-order valence-corrected chi connectivity index (χ3v) is 4.59. The summed E-state index contributed by atoms with van der Waals surface area (Å²) in [7, 11) is 0. The third kappa shape index (κ3) is 4.77. The van der Waals surface area contributed by atoms with Gasteiger partial charge in [0.15, 0.2) is 0 Å². The van der Waals surface area contributed by atoms with Crippen LogP contribution in [0.5, 0.6) is 0 Å². The van der Waals surface area contributed by atoms with Crippen molar-refractivity contribution >= 4 is 11.3 Å². The van der Waals surface area contributed by atoms with Gasteiger partial charge in [0.2, 0.25) is 0 Å². The van der Waals surface area contributed by atoms with E-state index in [2.05, 4.69) is 62.5 Å². The first-order valence-corrected chi connectivity index (χ1v) is 8.35. The maximum atomic E-state index is 3.53. The van der Waals surface area contributed by atoms with Crippen LogP contribution in [0.4, 0.5) is 0 Å². The zero-order valence-electron chi connectivity index (χ0n) is 12.8. The van der Waals surface area contributed by atoms with E-state index in [0.717, 1.165) is 25.4 Å². The number of hydrogen-bond acceptors (Lipinski definition) is 2. The summed E-state index contributed by atoms with van der Waals surface area (Å²) in [6.07, 6.45) is 2.31. The molecule has 0 amide bonds. The molecule has 0 aliphatic rings. The van der Waals surface area contributed by atoms with E-state index in [4.69, 9.17) is 0 Å². The van der Waals surface area contributed by atoms with Gasteiger partial charge in [0.1, 0.15) is 0 Å². The Bertz CT molecular complexity index is 510. The van der Waals surface area contributed by atoms with E-state index in [-0.39, 0.29) is 0 Å². The van der Waals surface area contributed by atoms with Crippen LogP contribution in [0.1, 0.15) is 41.7 Å². The number of rotatable bonds is 7. The van der Waals surface area contributed by atoms with Crippen LogP contribution >= 0.6 is 11.3 Å². The van der Waals surface area contributed by atoms with Crippen LogP contribution < -0.4 is 5.32 Å². The topological polar surface area (TPSA) is 12.0 Å². The van der Waals surface area contributed by atoms with Crippen molar-refractivity contribution < 1.29 is 0 Å². The van der Waals surface area contributed by atoms with Crippen molar-refractivity contribution in [1.82, 2.24) is 5.32 Å². The normalized spacial score (nSPS) is 11.2. The number of aryl methyl sites for hydroxylation is 1. The summed E-state index contributed by atoms with van der Waals surface area (Å²) in [6.45, 7) is 8.66. The quantitative estimate of drug-likeness (QED) is 0.771. The molecule has 20 heavy (non-hydrogen) atoms. The predicted octanol–water partition coefficient (Wildman–Crippen LogP) is 4.80. The molecule has 1 nitrogen and oxygen atoms in total. The van der Waals surface area contributed by atoms with Gasteiger partial charge in [-0.2, -0.15) is 0 Å². The van der Waals surface area contributed by atoms with Gasteiger partial charge >= 0.3 is 0 Å². The predicted molar refractivity (Wildman–Crippen MR) is 89.2 cm³/mol. The minimum absolute atomic E-state index is 0.727. The van der Waals surface area contributed by atoms with E-state index in [1.165, 1.54) is 27.3 Å². The van der Waals surface area contributed by atoms with E-state index in [9.17, 15) is 0 Å². The van der Waals surface area contributed by atoms with E-state index in [0.29, 0.717) is 0 Å². The second-order valence-electron chi connectivity index (χ2n) is 5.74. The van der Waals surface area contributed by atoms with Gasteiger partial charge in [-0.25, -0.2) is 0 Å². The highest BCUT2D eigenvalue weighted by atomic mass is 32.1. The fourth-order valence-corrected chi connectivity index (χ4v) is 3.23. The van der Waals surface area contributed by atoms with Crippen molar-refractivity contribution in [2.45, 2.75) is 46.7 Å². The van der Waals surface area contributed by atoms with Crippen LogP contribution in [0.2, 0.25) is 0 Å². The van der Waals surface area contributed by atoms with Gasteiger partial charge in [0.25, 0.3) is 0 Å². The second-order valence-corrected chi connectivity index (χ2v) is 6.99. The summed E-state index contributed by atoms with van der Waals surface area (Å²) in [4.78, 5) is 2.90. The molecule has 0 aliphatic heterocycles. The fourth-order valence-electron chi connectivity index (χ4n) is 2.30. The molecule has 0 spiro atoms. The van der Waals surface area contributed by atoms with Crippen LogP contribution in [0.3, 0.4) is 0 Å². The summed E-state index contributed by atoms with van der Waals surface area (Å²) in [5.41, 5.74) is 2.80. The maximum Gasteiger partial charge on any atom is 0.0303 e. The molecule has 0 bridgehead atoms. The largest absolute Gasteiger partial charge is 0.308 e. The highest BCUT2D eigenvalue weighted by Crippen LogP contribution is 2.16. The molecule has 0 fully saturated rings. The summed E-state index contributed by atoms with van der Waals surface area (Å²) in [5, 5.41) is 3.53. The number of benzene rings is 1. The van der Waals surface area contributed by atoms with E-state index in [1.807, 2.05) is 11.3 Å². The molecule has 0 aliphatic carbocycles. The molecule has 1 N–H and O–H groups in total. The average molecular weight is 287 g/mol. The molecule has 2 aromatic rings. The van der Waals surface area contributed by atoms with Gasteiger partial charge in [-0.15, -0.1) is 11.3 Å². The molecule has 1 aromatic carbocycles. The molecule has 0 atom stereocenters. The molecule has 2 rings (SSSR count). The first-order chi connectivity index (χ1) is 9.67. The standard InChI is InChI=1S/C18H25NS/c1-4-17-9-10-18(20-17)13-19-12-16-7-5-15(6-8-16)11-14(2)3/h5-10,14,19H,4,11-13H2,1-3H3. The molecule has 0 saturated heterocycles. The van der Waals surface area contributed by atoms with E-state index < -0.39 is 0 Å². The van der Waals surface area contributed by atoms with Gasteiger partial charge < -0.3 is 5.32 Å². The molecular weight excluding hydrogens is 262 g/mol. The van der Waals surface area contributed by atoms with Crippen LogP contribution in [-0.4, -0.2) is 0 Å². The molecule has 0 radical (unpaired) electrons. The molecular formula is C18H25NS. The van der Waals surface area contributed by atoms with Gasteiger partial charge in [-0.1, -0.05) is 45.0 Å². The highest BCUT2D eigenvalue weighted by Gasteiger charge is 2.00. The summed E-state index contributed by atoms with van der Waals surface area (Å²) >= 11 is 1.91. The van der Waals surface area contributed by atoms with E-state index in [1.54, 1.807) is 0 Å². The van der Waals surface area contributed by atoms with Crippen molar-refractivity contribution in [2.75, 3.05) is 0 Å².